The van der Waals surface area contributed by atoms with Gasteiger partial charge in [0.1, 0.15) is 19.0 Å². The van der Waals surface area contributed by atoms with Crippen molar-refractivity contribution in [3.05, 3.63) is 63.2 Å². The Morgan fingerprint density at radius 1 is 1.17 bits per heavy atom. The topological polar surface area (TPSA) is 93.3 Å². The van der Waals surface area contributed by atoms with Crippen LogP contribution in [0.15, 0.2) is 41.2 Å². The second kappa shape index (κ2) is 8.53. The van der Waals surface area contributed by atoms with Crippen LogP contribution in [-0.4, -0.2) is 35.6 Å². The van der Waals surface area contributed by atoms with Gasteiger partial charge in [-0.15, -0.1) is 0 Å². The molecule has 0 bridgehead atoms. The Morgan fingerprint density at radius 3 is 2.90 bits per heavy atom. The number of aromatic nitrogens is 2. The van der Waals surface area contributed by atoms with E-state index < -0.39 is 0 Å². The summed E-state index contributed by atoms with van der Waals surface area (Å²) < 4.78 is 11.1. The Morgan fingerprint density at radius 2 is 2.00 bits per heavy atom. The van der Waals surface area contributed by atoms with Crippen LogP contribution in [0.1, 0.15) is 17.8 Å². The average molecular weight is 414 g/mol. The molecule has 0 aliphatic carbocycles. The maximum Gasteiger partial charge on any atom is 0.258 e. The Hall–Kier alpha value is -3.06. The predicted molar refractivity (Wildman–Crippen MR) is 110 cm³/mol. The summed E-state index contributed by atoms with van der Waals surface area (Å²) >= 11 is 6.23. The zero-order valence-corrected chi connectivity index (χ0v) is 16.4. The summed E-state index contributed by atoms with van der Waals surface area (Å²) in [6, 6.07) is 10.8. The smallest absolute Gasteiger partial charge is 0.258 e. The van der Waals surface area contributed by atoms with E-state index in [0.717, 1.165) is 5.56 Å². The van der Waals surface area contributed by atoms with Gasteiger partial charge in [0.2, 0.25) is 5.91 Å². The van der Waals surface area contributed by atoms with Crippen LogP contribution in [-0.2, 0) is 17.6 Å². The van der Waals surface area contributed by atoms with E-state index in [4.69, 9.17) is 21.1 Å². The highest BCUT2D eigenvalue weighted by molar-refractivity contribution is 6.32. The second-order valence-corrected chi connectivity index (χ2v) is 7.14. The number of rotatable bonds is 6. The number of halogens is 1. The maximum absolute atomic E-state index is 12.2. The number of nitrogens with zero attached hydrogens (tertiary/aromatic N) is 1. The molecule has 0 radical (unpaired) electrons. The highest BCUT2D eigenvalue weighted by Crippen LogP contribution is 2.38. The number of carbonyl (C=O) groups excluding carboxylic acids is 1. The van der Waals surface area contributed by atoms with Crippen molar-refractivity contribution in [3.63, 3.8) is 0 Å². The number of ether oxygens (including phenoxy) is 2. The number of aryl methyl sites for hydroxylation is 1. The van der Waals surface area contributed by atoms with Gasteiger partial charge in [-0.1, -0.05) is 23.7 Å². The molecule has 2 aromatic carbocycles. The van der Waals surface area contributed by atoms with E-state index in [1.54, 1.807) is 18.2 Å². The van der Waals surface area contributed by atoms with Crippen LogP contribution in [0.5, 0.6) is 11.5 Å². The monoisotopic (exact) mass is 413 g/mol. The van der Waals surface area contributed by atoms with E-state index in [1.807, 2.05) is 18.2 Å². The first-order valence-electron chi connectivity index (χ1n) is 9.43. The van der Waals surface area contributed by atoms with Crippen LogP contribution in [0.25, 0.3) is 10.9 Å². The summed E-state index contributed by atoms with van der Waals surface area (Å²) in [5.41, 5.74) is 1.39. The van der Waals surface area contributed by atoms with Crippen molar-refractivity contribution in [2.75, 3.05) is 19.8 Å². The van der Waals surface area contributed by atoms with E-state index in [0.29, 0.717) is 65.8 Å². The van der Waals surface area contributed by atoms with Crippen molar-refractivity contribution >= 4 is 28.4 Å². The van der Waals surface area contributed by atoms with Crippen LogP contribution in [0.4, 0.5) is 0 Å². The van der Waals surface area contributed by atoms with Gasteiger partial charge >= 0.3 is 0 Å². The van der Waals surface area contributed by atoms with Gasteiger partial charge < -0.3 is 19.8 Å². The minimum atomic E-state index is -0.193. The molecule has 3 aromatic rings. The third-order valence-electron chi connectivity index (χ3n) is 4.64. The molecule has 2 N–H and O–H groups in total. The maximum atomic E-state index is 12.2. The van der Waals surface area contributed by atoms with Gasteiger partial charge in [0.15, 0.2) is 11.5 Å². The van der Waals surface area contributed by atoms with Gasteiger partial charge in [-0.3, -0.25) is 9.59 Å². The number of benzene rings is 2. The van der Waals surface area contributed by atoms with Crippen LogP contribution in [0, 0.1) is 0 Å². The normalized spacial score (nSPS) is 12.7. The van der Waals surface area contributed by atoms with Gasteiger partial charge in [-0.2, -0.15) is 0 Å². The number of H-pyrrole nitrogens is 1. The van der Waals surface area contributed by atoms with Crippen molar-refractivity contribution in [2.45, 2.75) is 19.3 Å². The third-order valence-corrected chi connectivity index (χ3v) is 4.92. The Labute approximate surface area is 172 Å². The molecule has 8 heteroatoms. The Bertz CT molecular complexity index is 1110. The van der Waals surface area contributed by atoms with Crippen LogP contribution in [0.2, 0.25) is 5.02 Å². The number of hydrogen-bond donors (Lipinski definition) is 2. The lowest BCUT2D eigenvalue weighted by Crippen LogP contribution is -2.26. The summed E-state index contributed by atoms with van der Waals surface area (Å²) in [4.78, 5) is 31.4. The highest BCUT2D eigenvalue weighted by atomic mass is 35.5. The van der Waals surface area contributed by atoms with Gasteiger partial charge in [0.25, 0.3) is 5.56 Å². The molecule has 7 nitrogen and oxygen atoms in total. The van der Waals surface area contributed by atoms with E-state index in [2.05, 4.69) is 15.3 Å². The van der Waals surface area contributed by atoms with Gasteiger partial charge in [-0.25, -0.2) is 4.98 Å². The minimum Gasteiger partial charge on any atom is -0.486 e. The lowest BCUT2D eigenvalue weighted by atomic mass is 10.1. The summed E-state index contributed by atoms with van der Waals surface area (Å²) in [5, 5.41) is 3.93. The van der Waals surface area contributed by atoms with E-state index in [1.165, 1.54) is 0 Å². The number of amides is 1. The number of nitrogens with one attached hydrogen (secondary N) is 2. The third kappa shape index (κ3) is 4.51. The number of para-hydroxylation sites is 1. The molecule has 4 rings (SSSR count). The molecular formula is C21H20ClN3O4. The average Bonchev–Trinajstić information content (AvgIpc) is 2.72. The molecule has 1 aliphatic rings. The molecule has 1 amide bonds. The predicted octanol–water partition coefficient (Wildman–Crippen LogP) is 2.64. The number of hydrogen-bond acceptors (Lipinski definition) is 5. The number of fused-ring (bicyclic) bond motifs is 2. The first-order chi connectivity index (χ1) is 14.1. The molecular weight excluding hydrogens is 394 g/mol. The quantitative estimate of drug-likeness (QED) is 0.648. The molecule has 0 unspecified atom stereocenters. The molecule has 0 saturated heterocycles. The van der Waals surface area contributed by atoms with Gasteiger partial charge in [0.05, 0.1) is 15.9 Å². The molecule has 0 fully saturated rings. The first-order valence-corrected chi connectivity index (χ1v) is 9.80. The summed E-state index contributed by atoms with van der Waals surface area (Å²) in [6.45, 7) is 1.45. The molecule has 1 aliphatic heterocycles. The van der Waals surface area contributed by atoms with Crippen molar-refractivity contribution in [3.8, 4) is 11.5 Å². The van der Waals surface area contributed by atoms with E-state index in [9.17, 15) is 9.59 Å². The van der Waals surface area contributed by atoms with Crippen molar-refractivity contribution in [1.82, 2.24) is 15.3 Å². The fourth-order valence-electron chi connectivity index (χ4n) is 3.23. The van der Waals surface area contributed by atoms with Crippen LogP contribution >= 0.6 is 11.6 Å². The van der Waals surface area contributed by atoms with Crippen molar-refractivity contribution < 1.29 is 14.3 Å². The fourth-order valence-corrected chi connectivity index (χ4v) is 3.52. The second-order valence-electron chi connectivity index (χ2n) is 6.73. The lowest BCUT2D eigenvalue weighted by molar-refractivity contribution is -0.121. The Balaban J connectivity index is 1.30. The van der Waals surface area contributed by atoms with Gasteiger partial charge in [-0.05, 0) is 36.2 Å². The summed E-state index contributed by atoms with van der Waals surface area (Å²) in [7, 11) is 0. The molecule has 0 saturated carbocycles. The molecule has 1 aromatic heterocycles. The molecule has 0 atom stereocenters. The van der Waals surface area contributed by atoms with Gasteiger partial charge in [0, 0.05) is 19.4 Å². The SMILES string of the molecule is O=C(CCc1nc2ccccc2c(=O)[nH]1)NCCc1cc(Cl)c2c(c1)OCCO2. The first kappa shape index (κ1) is 19.3. The minimum absolute atomic E-state index is 0.107. The standard InChI is InChI=1S/C21H20ClN3O4/c22-15-11-13(12-17-20(15)29-10-9-28-17)7-8-23-19(26)6-5-18-24-16-4-2-1-3-14(16)21(27)25-18/h1-4,11-12H,5-10H2,(H,23,26)(H,24,25,27). The van der Waals surface area contributed by atoms with E-state index in [-0.39, 0.29) is 17.9 Å². The molecule has 150 valence electrons. The van der Waals surface area contributed by atoms with Crippen LogP contribution < -0.4 is 20.3 Å². The lowest BCUT2D eigenvalue weighted by Gasteiger charge is -2.20. The van der Waals surface area contributed by atoms with Crippen molar-refractivity contribution in [2.24, 2.45) is 0 Å². The van der Waals surface area contributed by atoms with Crippen LogP contribution in [0.3, 0.4) is 0 Å². The zero-order valence-electron chi connectivity index (χ0n) is 15.7. The summed E-state index contributed by atoms with van der Waals surface area (Å²) in [5.74, 6) is 1.60. The molecule has 2 heterocycles. The fraction of sp³-hybridized carbons (Fsp3) is 0.286. The van der Waals surface area contributed by atoms with Crippen molar-refractivity contribution in [1.29, 1.82) is 0 Å². The molecule has 0 spiro atoms. The zero-order chi connectivity index (χ0) is 20.2. The summed E-state index contributed by atoms with van der Waals surface area (Å²) in [6.07, 6.45) is 1.22. The number of aromatic amines is 1. The van der Waals surface area contributed by atoms with E-state index >= 15 is 0 Å². The Kier molecular flexibility index (Phi) is 5.67. The largest absolute Gasteiger partial charge is 0.486 e. The highest BCUT2D eigenvalue weighted by Gasteiger charge is 2.16. The molecule has 29 heavy (non-hydrogen) atoms. The number of carbonyl (C=O) groups is 1.